The third kappa shape index (κ3) is 5.09. The number of hydrogen-bond acceptors (Lipinski definition) is 3. The summed E-state index contributed by atoms with van der Waals surface area (Å²) in [5.74, 6) is 0.107. The van der Waals surface area contributed by atoms with Crippen LogP contribution >= 0.6 is 15.9 Å². The van der Waals surface area contributed by atoms with Gasteiger partial charge in [-0.05, 0) is 44.0 Å². The van der Waals surface area contributed by atoms with Crippen molar-refractivity contribution in [1.82, 2.24) is 4.90 Å². The minimum atomic E-state index is 0.107. The molecule has 1 heterocycles. The Morgan fingerprint density at radius 2 is 1.90 bits per heavy atom. The van der Waals surface area contributed by atoms with Gasteiger partial charge in [0.05, 0.1) is 19.3 Å². The molecule has 0 saturated carbocycles. The van der Waals surface area contributed by atoms with Gasteiger partial charge in [-0.1, -0.05) is 15.9 Å². The average Bonchev–Trinajstić information content (AvgIpc) is 2.52. The molecule has 5 heteroatoms. The number of carbonyl (C=O) groups is 1. The summed E-state index contributed by atoms with van der Waals surface area (Å²) in [5.41, 5.74) is 0.744. The molecule has 1 aromatic rings. The number of likely N-dealkylation sites (tertiary alicyclic amines) is 1. The Hall–Kier alpha value is -0.910. The van der Waals surface area contributed by atoms with E-state index in [1.165, 1.54) is 0 Å². The fourth-order valence-corrected chi connectivity index (χ4v) is 2.68. The Bertz CT molecular complexity index is 441. The molecule has 4 nitrogen and oxygen atoms in total. The quantitative estimate of drug-likeness (QED) is 0.736. The van der Waals surface area contributed by atoms with Crippen LogP contribution < -0.4 is 0 Å². The molecule has 21 heavy (non-hydrogen) atoms. The van der Waals surface area contributed by atoms with E-state index < -0.39 is 0 Å². The molecule has 1 amide bonds. The summed E-state index contributed by atoms with van der Waals surface area (Å²) in [7, 11) is 0. The van der Waals surface area contributed by atoms with E-state index in [-0.39, 0.29) is 12.0 Å². The lowest BCUT2D eigenvalue weighted by molar-refractivity contribution is -0.0182. The highest BCUT2D eigenvalue weighted by molar-refractivity contribution is 9.10. The van der Waals surface area contributed by atoms with Crippen LogP contribution in [-0.4, -0.2) is 49.8 Å². The molecule has 1 saturated heterocycles. The van der Waals surface area contributed by atoms with E-state index >= 15 is 0 Å². The highest BCUT2D eigenvalue weighted by atomic mass is 79.9. The summed E-state index contributed by atoms with van der Waals surface area (Å²) in [5, 5.41) is 0. The van der Waals surface area contributed by atoms with Gasteiger partial charge in [0, 0.05) is 29.7 Å². The molecule has 116 valence electrons. The van der Waals surface area contributed by atoms with Gasteiger partial charge in [-0.25, -0.2) is 0 Å². The molecule has 0 radical (unpaired) electrons. The van der Waals surface area contributed by atoms with Gasteiger partial charge in [0.15, 0.2) is 0 Å². The number of ether oxygens (including phenoxy) is 2. The van der Waals surface area contributed by atoms with E-state index in [1.807, 2.05) is 36.1 Å². The van der Waals surface area contributed by atoms with Crippen LogP contribution in [0, 0.1) is 0 Å². The SMILES string of the molecule is CCOCCOC1CCN(C(=O)c2ccc(Br)cc2)CC1. The minimum Gasteiger partial charge on any atom is -0.379 e. The van der Waals surface area contributed by atoms with Crippen LogP contribution in [0.4, 0.5) is 0 Å². The summed E-state index contributed by atoms with van der Waals surface area (Å²) < 4.78 is 12.0. The monoisotopic (exact) mass is 355 g/mol. The van der Waals surface area contributed by atoms with Gasteiger partial charge in [0.1, 0.15) is 0 Å². The van der Waals surface area contributed by atoms with Crippen molar-refractivity contribution < 1.29 is 14.3 Å². The van der Waals surface area contributed by atoms with Crippen molar-refractivity contribution in [3.05, 3.63) is 34.3 Å². The summed E-state index contributed by atoms with van der Waals surface area (Å²) in [4.78, 5) is 14.3. The third-order valence-corrected chi connectivity index (χ3v) is 4.13. The molecular weight excluding hydrogens is 334 g/mol. The molecule has 1 aromatic carbocycles. The van der Waals surface area contributed by atoms with E-state index in [0.29, 0.717) is 13.2 Å². The number of rotatable bonds is 6. The molecule has 0 unspecified atom stereocenters. The van der Waals surface area contributed by atoms with Crippen molar-refractivity contribution in [2.75, 3.05) is 32.9 Å². The van der Waals surface area contributed by atoms with Gasteiger partial charge in [0.25, 0.3) is 5.91 Å². The van der Waals surface area contributed by atoms with Crippen LogP contribution in [0.3, 0.4) is 0 Å². The number of hydrogen-bond donors (Lipinski definition) is 0. The number of nitrogens with zero attached hydrogens (tertiary/aromatic N) is 1. The first-order chi connectivity index (χ1) is 10.2. The van der Waals surface area contributed by atoms with E-state index in [4.69, 9.17) is 9.47 Å². The topological polar surface area (TPSA) is 38.8 Å². The Morgan fingerprint density at radius 3 is 2.52 bits per heavy atom. The first-order valence-electron chi connectivity index (χ1n) is 7.45. The number of halogens is 1. The van der Waals surface area contributed by atoms with Gasteiger partial charge < -0.3 is 14.4 Å². The van der Waals surface area contributed by atoms with Crippen LogP contribution in [-0.2, 0) is 9.47 Å². The van der Waals surface area contributed by atoms with E-state index in [0.717, 1.165) is 42.6 Å². The van der Waals surface area contributed by atoms with Gasteiger partial charge in [-0.3, -0.25) is 4.79 Å². The van der Waals surface area contributed by atoms with Crippen molar-refractivity contribution in [3.63, 3.8) is 0 Å². The Labute approximate surface area is 134 Å². The fourth-order valence-electron chi connectivity index (χ4n) is 2.42. The molecular formula is C16H22BrNO3. The molecule has 0 bridgehead atoms. The van der Waals surface area contributed by atoms with Gasteiger partial charge >= 0.3 is 0 Å². The minimum absolute atomic E-state index is 0.107. The molecule has 2 rings (SSSR count). The van der Waals surface area contributed by atoms with E-state index in [1.54, 1.807) is 0 Å². The highest BCUT2D eigenvalue weighted by Gasteiger charge is 2.23. The molecule has 0 spiro atoms. The van der Waals surface area contributed by atoms with Crippen molar-refractivity contribution >= 4 is 21.8 Å². The largest absolute Gasteiger partial charge is 0.379 e. The first-order valence-corrected chi connectivity index (χ1v) is 8.24. The predicted molar refractivity (Wildman–Crippen MR) is 85.5 cm³/mol. The van der Waals surface area contributed by atoms with Crippen molar-refractivity contribution in [2.45, 2.75) is 25.9 Å². The fraction of sp³-hybridized carbons (Fsp3) is 0.562. The maximum absolute atomic E-state index is 12.4. The first kappa shape index (κ1) is 16.5. The Kier molecular flexibility index (Phi) is 6.67. The second-order valence-electron chi connectivity index (χ2n) is 5.07. The smallest absolute Gasteiger partial charge is 0.253 e. The van der Waals surface area contributed by atoms with Crippen molar-refractivity contribution in [1.29, 1.82) is 0 Å². The molecule has 0 N–H and O–H groups in total. The lowest BCUT2D eigenvalue weighted by Crippen LogP contribution is -2.41. The van der Waals surface area contributed by atoms with Crippen LogP contribution in [0.15, 0.2) is 28.7 Å². The van der Waals surface area contributed by atoms with Crippen molar-refractivity contribution in [2.24, 2.45) is 0 Å². The zero-order chi connectivity index (χ0) is 15.1. The zero-order valence-corrected chi connectivity index (χ0v) is 14.0. The molecule has 0 aliphatic carbocycles. The van der Waals surface area contributed by atoms with E-state index in [9.17, 15) is 4.79 Å². The van der Waals surface area contributed by atoms with Gasteiger partial charge in [0.2, 0.25) is 0 Å². The second-order valence-corrected chi connectivity index (χ2v) is 5.98. The Morgan fingerprint density at radius 1 is 1.24 bits per heavy atom. The van der Waals surface area contributed by atoms with Crippen LogP contribution in [0.2, 0.25) is 0 Å². The van der Waals surface area contributed by atoms with Gasteiger partial charge in [-0.15, -0.1) is 0 Å². The molecule has 1 fully saturated rings. The van der Waals surface area contributed by atoms with Crippen molar-refractivity contribution in [3.8, 4) is 0 Å². The maximum Gasteiger partial charge on any atom is 0.253 e. The normalized spacial score (nSPS) is 16.2. The maximum atomic E-state index is 12.4. The Balaban J connectivity index is 1.75. The zero-order valence-electron chi connectivity index (χ0n) is 12.4. The number of benzene rings is 1. The van der Waals surface area contributed by atoms with Crippen LogP contribution in [0.5, 0.6) is 0 Å². The lowest BCUT2D eigenvalue weighted by Gasteiger charge is -2.32. The van der Waals surface area contributed by atoms with E-state index in [2.05, 4.69) is 15.9 Å². The second kappa shape index (κ2) is 8.51. The molecule has 1 aliphatic rings. The van der Waals surface area contributed by atoms with Crippen LogP contribution in [0.1, 0.15) is 30.1 Å². The number of carbonyl (C=O) groups excluding carboxylic acids is 1. The standard InChI is InChI=1S/C16H22BrNO3/c1-2-20-11-12-21-15-7-9-18(10-8-15)16(19)13-3-5-14(17)6-4-13/h3-6,15H,2,7-12H2,1H3. The molecule has 1 aliphatic heterocycles. The summed E-state index contributed by atoms with van der Waals surface area (Å²) in [6.45, 7) is 5.51. The number of piperidine rings is 1. The summed E-state index contributed by atoms with van der Waals surface area (Å²) in [6, 6.07) is 7.52. The summed E-state index contributed by atoms with van der Waals surface area (Å²) in [6.07, 6.45) is 2.04. The van der Waals surface area contributed by atoms with Crippen LogP contribution in [0.25, 0.3) is 0 Å². The summed E-state index contributed by atoms with van der Waals surface area (Å²) >= 11 is 3.38. The van der Waals surface area contributed by atoms with Gasteiger partial charge in [-0.2, -0.15) is 0 Å². The molecule has 0 atom stereocenters. The number of amides is 1. The lowest BCUT2D eigenvalue weighted by atomic mass is 10.1. The highest BCUT2D eigenvalue weighted by Crippen LogP contribution is 2.17. The third-order valence-electron chi connectivity index (χ3n) is 3.61. The molecule has 0 aromatic heterocycles. The predicted octanol–water partition coefficient (Wildman–Crippen LogP) is 3.11. The average molecular weight is 356 g/mol.